The number of morpholine rings is 1. The fraction of sp³-hybridized carbons (Fsp3) is 0.500. The van der Waals surface area contributed by atoms with Gasteiger partial charge >= 0.3 is 0 Å². The monoisotopic (exact) mass is 859 g/mol. The lowest BCUT2D eigenvalue weighted by Crippen LogP contribution is -2.57. The average Bonchev–Trinajstić information content (AvgIpc) is 4.00. The van der Waals surface area contributed by atoms with Gasteiger partial charge in [-0.05, 0) is 55.4 Å². The first-order valence-corrected chi connectivity index (χ1v) is 22.4. The number of unbranched alkanes of at least 4 members (excludes halogenated alkanes) is 2. The van der Waals surface area contributed by atoms with E-state index in [1.165, 1.54) is 4.90 Å². The number of thiazole rings is 2. The van der Waals surface area contributed by atoms with Crippen molar-refractivity contribution >= 4 is 51.4 Å². The van der Waals surface area contributed by atoms with Crippen LogP contribution in [0.2, 0.25) is 0 Å². The lowest BCUT2D eigenvalue weighted by Gasteiger charge is -2.35. The first kappa shape index (κ1) is 44.6. The van der Waals surface area contributed by atoms with Crippen LogP contribution in [0.3, 0.4) is 0 Å². The molecule has 2 aliphatic heterocycles. The van der Waals surface area contributed by atoms with Crippen molar-refractivity contribution in [2.75, 3.05) is 50.9 Å². The molecule has 60 heavy (non-hydrogen) atoms. The summed E-state index contributed by atoms with van der Waals surface area (Å²) >= 11 is 3.15. The second-order valence-electron chi connectivity index (χ2n) is 16.4. The summed E-state index contributed by atoms with van der Waals surface area (Å²) in [5.74, 6) is -0.694. The molecule has 4 N–H and O–H groups in total. The Hall–Kier alpha value is -4.90. The second-order valence-corrected chi connectivity index (χ2v) is 18.1. The molecule has 4 aromatic rings. The maximum absolute atomic E-state index is 14.1. The van der Waals surface area contributed by atoms with E-state index in [2.05, 4.69) is 25.8 Å². The number of nitrogens with one attached hydrogen (secondary N) is 3. The maximum Gasteiger partial charge on any atom is 0.257 e. The van der Waals surface area contributed by atoms with Gasteiger partial charge in [0.1, 0.15) is 17.8 Å². The Morgan fingerprint density at radius 3 is 2.45 bits per heavy atom. The topological polar surface area (TPSA) is 175 Å². The number of carbonyl (C=O) groups excluding carboxylic acids is 4. The van der Waals surface area contributed by atoms with Gasteiger partial charge in [-0.15, -0.1) is 22.7 Å². The number of ether oxygens (including phenoxy) is 2. The number of hydrogen-bond acceptors (Lipinski definition) is 12. The predicted octanol–water partition coefficient (Wildman–Crippen LogP) is 5.50. The van der Waals surface area contributed by atoms with Gasteiger partial charge in [0.15, 0.2) is 11.7 Å². The number of benzene rings is 2. The van der Waals surface area contributed by atoms with Crippen LogP contribution < -0.4 is 25.6 Å². The van der Waals surface area contributed by atoms with Crippen LogP contribution in [0.15, 0.2) is 59.4 Å². The molecule has 2 saturated heterocycles. The van der Waals surface area contributed by atoms with Crippen molar-refractivity contribution in [3.8, 4) is 27.4 Å². The number of β-amino-alcohol motifs (C(OH)–C–C–N with tert-alkyl or cyclic N) is 1. The minimum Gasteiger partial charge on any atom is -0.483 e. The Balaban J connectivity index is 0.923. The molecule has 16 heteroatoms. The highest BCUT2D eigenvalue weighted by molar-refractivity contribution is 7.14. The molecule has 2 aromatic carbocycles. The third-order valence-corrected chi connectivity index (χ3v) is 12.6. The standard InChI is InChI=1S/C44H57N7O7S2/c1-28(30-14-16-31(17-15-30)39-29(2)46-27-60-39)47-41(55)35-23-32(52)24-51(35)42(56)40(44(3,4)5)49-37(53)13-7-6-10-18-45-38(54)25-58-36-12-9-8-11-33(36)34-26-59-43(48-34)50-19-21-57-22-20-50/h8-9,11-12,14-17,26-28,32,35,40,52H,6-7,10,13,18-25H2,1-5H3,(H,45,54)(H,47,55)(H,49,53)/t28-,32+,35-,40+/m0/s1. The molecule has 0 spiro atoms. The molecular weight excluding hydrogens is 803 g/mol. The number of carbonyl (C=O) groups is 4. The van der Waals surface area contributed by atoms with Crippen molar-refractivity contribution in [1.82, 2.24) is 30.8 Å². The first-order valence-electron chi connectivity index (χ1n) is 20.6. The van der Waals surface area contributed by atoms with Gasteiger partial charge in [0.25, 0.3) is 5.91 Å². The molecule has 0 radical (unpaired) electrons. The fourth-order valence-electron chi connectivity index (χ4n) is 7.35. The number of aryl methyl sites for hydroxylation is 1. The molecule has 4 amide bonds. The summed E-state index contributed by atoms with van der Waals surface area (Å²) in [4.78, 5) is 67.4. The van der Waals surface area contributed by atoms with Crippen molar-refractivity contribution in [3.63, 3.8) is 0 Å². The smallest absolute Gasteiger partial charge is 0.257 e. The van der Waals surface area contributed by atoms with Crippen LogP contribution in [-0.4, -0.2) is 108 Å². The van der Waals surface area contributed by atoms with Gasteiger partial charge in [-0.1, -0.05) is 63.6 Å². The maximum atomic E-state index is 14.1. The highest BCUT2D eigenvalue weighted by Gasteiger charge is 2.44. The van der Waals surface area contributed by atoms with E-state index in [-0.39, 0.29) is 49.8 Å². The molecule has 4 atom stereocenters. The fourth-order valence-corrected chi connectivity index (χ4v) is 9.04. The molecule has 6 rings (SSSR count). The molecule has 14 nitrogen and oxygen atoms in total. The predicted molar refractivity (Wildman–Crippen MR) is 234 cm³/mol. The quantitative estimate of drug-likeness (QED) is 0.0993. The van der Waals surface area contributed by atoms with Crippen LogP contribution in [0, 0.1) is 12.3 Å². The van der Waals surface area contributed by atoms with Gasteiger partial charge in [-0.25, -0.2) is 9.97 Å². The normalized spacial score (nSPS) is 17.8. The van der Waals surface area contributed by atoms with E-state index in [9.17, 15) is 24.3 Å². The number of amides is 4. The Morgan fingerprint density at radius 2 is 1.73 bits per heavy atom. The van der Waals surface area contributed by atoms with Crippen LogP contribution >= 0.6 is 22.7 Å². The SMILES string of the molecule is Cc1ncsc1-c1ccc([C@H](C)NC(=O)[C@@H]2C[C@@H](O)CN2C(=O)[C@@H](NC(=O)CCCCCNC(=O)COc2ccccc2-c2csc(N3CCOCC3)n2)C(C)(C)C)cc1. The number of rotatable bonds is 17. The third kappa shape index (κ3) is 11.7. The van der Waals surface area contributed by atoms with E-state index < -0.39 is 29.5 Å². The summed E-state index contributed by atoms with van der Waals surface area (Å²) in [6.45, 7) is 12.7. The lowest BCUT2D eigenvalue weighted by atomic mass is 9.85. The molecule has 322 valence electrons. The molecule has 0 bridgehead atoms. The van der Waals surface area contributed by atoms with Crippen LogP contribution in [0.5, 0.6) is 5.75 Å². The van der Waals surface area contributed by atoms with Crippen LogP contribution in [-0.2, 0) is 23.9 Å². The van der Waals surface area contributed by atoms with Crippen molar-refractivity contribution in [2.24, 2.45) is 5.41 Å². The number of para-hydroxylation sites is 1. The largest absolute Gasteiger partial charge is 0.483 e. The van der Waals surface area contributed by atoms with Gasteiger partial charge in [-0.3, -0.25) is 19.2 Å². The van der Waals surface area contributed by atoms with Crippen molar-refractivity contribution < 1.29 is 33.8 Å². The Labute approximate surface area is 360 Å². The first-order chi connectivity index (χ1) is 28.8. The summed E-state index contributed by atoms with van der Waals surface area (Å²) in [5, 5.41) is 22.4. The van der Waals surface area contributed by atoms with E-state index >= 15 is 0 Å². The van der Waals surface area contributed by atoms with Crippen LogP contribution in [0.1, 0.15) is 77.1 Å². The molecule has 0 aliphatic carbocycles. The number of aliphatic hydroxyl groups excluding tert-OH is 1. The van der Waals surface area contributed by atoms with E-state index in [4.69, 9.17) is 14.5 Å². The minimum atomic E-state index is -0.905. The Morgan fingerprint density at radius 1 is 0.983 bits per heavy atom. The van der Waals surface area contributed by atoms with Gasteiger partial charge in [0.2, 0.25) is 17.7 Å². The minimum absolute atomic E-state index is 0.00190. The zero-order chi connectivity index (χ0) is 42.8. The summed E-state index contributed by atoms with van der Waals surface area (Å²) in [7, 11) is 0. The highest BCUT2D eigenvalue weighted by atomic mass is 32.1. The summed E-state index contributed by atoms with van der Waals surface area (Å²) in [6, 6.07) is 13.4. The Kier molecular flexibility index (Phi) is 15.3. The number of aliphatic hydroxyl groups is 1. The van der Waals surface area contributed by atoms with E-state index in [1.807, 2.05) is 94.0 Å². The molecule has 2 aliphatic rings. The number of anilines is 1. The molecule has 2 fully saturated rings. The average molecular weight is 860 g/mol. The highest BCUT2D eigenvalue weighted by Crippen LogP contribution is 2.34. The molecule has 4 heterocycles. The summed E-state index contributed by atoms with van der Waals surface area (Å²) < 4.78 is 11.4. The zero-order valence-electron chi connectivity index (χ0n) is 35.1. The van der Waals surface area contributed by atoms with E-state index in [0.29, 0.717) is 44.8 Å². The van der Waals surface area contributed by atoms with Gasteiger partial charge in [0, 0.05) is 50.0 Å². The summed E-state index contributed by atoms with van der Waals surface area (Å²) in [5.41, 5.74) is 5.71. The summed E-state index contributed by atoms with van der Waals surface area (Å²) in [6.07, 6.45) is 1.36. The van der Waals surface area contributed by atoms with Gasteiger partial charge in [0.05, 0.1) is 47.1 Å². The van der Waals surface area contributed by atoms with Crippen molar-refractivity contribution in [3.05, 3.63) is 70.7 Å². The van der Waals surface area contributed by atoms with Crippen LogP contribution in [0.25, 0.3) is 21.7 Å². The molecule has 0 saturated carbocycles. The Bertz CT molecular complexity index is 2080. The van der Waals surface area contributed by atoms with Crippen molar-refractivity contribution in [1.29, 1.82) is 0 Å². The molecule has 0 unspecified atom stereocenters. The second kappa shape index (κ2) is 20.6. The van der Waals surface area contributed by atoms with Crippen molar-refractivity contribution in [2.45, 2.75) is 91.0 Å². The number of nitrogens with zero attached hydrogens (tertiary/aromatic N) is 4. The zero-order valence-corrected chi connectivity index (χ0v) is 36.7. The number of likely N-dealkylation sites (tertiary alicyclic amines) is 1. The lowest BCUT2D eigenvalue weighted by molar-refractivity contribution is -0.144. The molecule has 2 aromatic heterocycles. The number of aromatic nitrogens is 2. The van der Waals surface area contributed by atoms with Crippen LogP contribution in [0.4, 0.5) is 5.13 Å². The third-order valence-electron chi connectivity index (χ3n) is 10.8. The van der Waals surface area contributed by atoms with E-state index in [0.717, 1.165) is 51.2 Å². The molecular formula is C44H57N7O7S2. The number of hydrogen-bond donors (Lipinski definition) is 4. The van der Waals surface area contributed by atoms with Gasteiger partial charge < -0.3 is 40.3 Å². The van der Waals surface area contributed by atoms with E-state index in [1.54, 1.807) is 22.7 Å². The van der Waals surface area contributed by atoms with Gasteiger partial charge in [-0.2, -0.15) is 0 Å².